The van der Waals surface area contributed by atoms with Crippen LogP contribution in [0.15, 0.2) is 84.9 Å². The number of carboxylic acid groups (broad SMARTS) is 1. The van der Waals surface area contributed by atoms with Crippen LogP contribution in [0.3, 0.4) is 0 Å². The number of nitrogens with zero attached hydrogens (tertiary/aromatic N) is 2. The normalized spacial score (nSPS) is 12.6. The summed E-state index contributed by atoms with van der Waals surface area (Å²) in [6, 6.07) is 25.2. The van der Waals surface area contributed by atoms with Crippen LogP contribution < -0.4 is 10.1 Å². The molecule has 1 aromatic heterocycles. The van der Waals surface area contributed by atoms with Crippen LogP contribution in [-0.4, -0.2) is 39.9 Å². The van der Waals surface area contributed by atoms with Gasteiger partial charge in [0.1, 0.15) is 11.8 Å². The summed E-state index contributed by atoms with van der Waals surface area (Å²) in [7, 11) is 1.65. The van der Waals surface area contributed by atoms with E-state index in [2.05, 4.69) is 11.4 Å². The highest BCUT2D eigenvalue weighted by Crippen LogP contribution is 2.36. The number of fused-ring (bicyclic) bond motifs is 1. The van der Waals surface area contributed by atoms with Crippen LogP contribution in [0.4, 0.5) is 0 Å². The summed E-state index contributed by atoms with van der Waals surface area (Å²) in [6.45, 7) is 3.44. The molecule has 0 spiro atoms. The quantitative estimate of drug-likeness (QED) is 0.196. The second kappa shape index (κ2) is 11.6. The van der Waals surface area contributed by atoms with Gasteiger partial charge in [0.05, 0.1) is 29.6 Å². The van der Waals surface area contributed by atoms with E-state index in [0.717, 1.165) is 38.9 Å². The SMILES string of the molecule is COc1ccc2cc(-c3cc(-c4cc(Cl)ccc4Cl)nn3C(C)c3ccc(C(=O)N[C@@H](C)C(=O)O)cc3)ccc2c1. The molecule has 1 heterocycles. The molecule has 208 valence electrons. The summed E-state index contributed by atoms with van der Waals surface area (Å²) in [5.74, 6) is -0.765. The minimum atomic E-state index is -1.10. The first kappa shape index (κ1) is 28.2. The average Bonchev–Trinajstić information content (AvgIpc) is 3.42. The van der Waals surface area contributed by atoms with Crippen molar-refractivity contribution in [3.63, 3.8) is 0 Å². The predicted octanol–water partition coefficient (Wildman–Crippen LogP) is 7.50. The molecular formula is C32H27Cl2N3O4. The van der Waals surface area contributed by atoms with E-state index < -0.39 is 17.9 Å². The number of benzene rings is 4. The Hall–Kier alpha value is -4.33. The van der Waals surface area contributed by atoms with Gasteiger partial charge in [0.15, 0.2) is 0 Å². The smallest absolute Gasteiger partial charge is 0.325 e. The van der Waals surface area contributed by atoms with Crippen molar-refractivity contribution in [1.29, 1.82) is 0 Å². The van der Waals surface area contributed by atoms with Crippen LogP contribution in [0.1, 0.15) is 35.8 Å². The maximum atomic E-state index is 12.5. The number of methoxy groups -OCH3 is 1. The Labute approximate surface area is 247 Å². The number of aromatic nitrogens is 2. The molecule has 5 aromatic rings. The van der Waals surface area contributed by atoms with Gasteiger partial charge in [0, 0.05) is 21.7 Å². The van der Waals surface area contributed by atoms with Crippen LogP contribution in [0.2, 0.25) is 10.0 Å². The van der Waals surface area contributed by atoms with Crippen molar-refractivity contribution in [3.05, 3.63) is 106 Å². The molecule has 0 fully saturated rings. The summed E-state index contributed by atoms with van der Waals surface area (Å²) < 4.78 is 7.30. The summed E-state index contributed by atoms with van der Waals surface area (Å²) >= 11 is 12.8. The summed E-state index contributed by atoms with van der Waals surface area (Å²) in [5.41, 5.74) is 4.50. The first-order chi connectivity index (χ1) is 19.6. The van der Waals surface area contributed by atoms with Crippen molar-refractivity contribution in [2.45, 2.75) is 25.9 Å². The van der Waals surface area contributed by atoms with Gasteiger partial charge in [-0.05, 0) is 84.8 Å². The van der Waals surface area contributed by atoms with E-state index in [0.29, 0.717) is 21.3 Å². The number of hydrogen-bond donors (Lipinski definition) is 2. The van der Waals surface area contributed by atoms with Gasteiger partial charge in [-0.3, -0.25) is 14.3 Å². The number of rotatable bonds is 8. The van der Waals surface area contributed by atoms with Crippen LogP contribution >= 0.6 is 23.2 Å². The first-order valence-corrected chi connectivity index (χ1v) is 13.7. The summed E-state index contributed by atoms with van der Waals surface area (Å²) in [4.78, 5) is 23.6. The van der Waals surface area contributed by atoms with Crippen molar-refractivity contribution >= 4 is 45.9 Å². The highest BCUT2D eigenvalue weighted by Gasteiger charge is 2.20. The maximum absolute atomic E-state index is 12.5. The van der Waals surface area contributed by atoms with E-state index >= 15 is 0 Å². The van der Waals surface area contributed by atoms with Gasteiger partial charge in [-0.25, -0.2) is 0 Å². The van der Waals surface area contributed by atoms with Crippen molar-refractivity contribution in [2.24, 2.45) is 0 Å². The van der Waals surface area contributed by atoms with Crippen molar-refractivity contribution in [3.8, 4) is 28.3 Å². The lowest BCUT2D eigenvalue weighted by atomic mass is 10.0. The number of hydrogen-bond acceptors (Lipinski definition) is 4. The van der Waals surface area contributed by atoms with Crippen LogP contribution in [0.25, 0.3) is 33.3 Å². The zero-order chi connectivity index (χ0) is 29.3. The fraction of sp³-hybridized carbons (Fsp3) is 0.156. The van der Waals surface area contributed by atoms with E-state index in [9.17, 15) is 9.59 Å². The minimum absolute atomic E-state index is 0.224. The number of carbonyl (C=O) groups is 2. The van der Waals surface area contributed by atoms with Crippen LogP contribution in [-0.2, 0) is 4.79 Å². The van der Waals surface area contributed by atoms with Crippen molar-refractivity contribution in [1.82, 2.24) is 15.1 Å². The molecule has 0 bridgehead atoms. The molecule has 0 radical (unpaired) electrons. The Morgan fingerprint density at radius 3 is 2.32 bits per heavy atom. The number of ether oxygens (including phenoxy) is 1. The molecule has 0 saturated heterocycles. The van der Waals surface area contributed by atoms with Gasteiger partial charge in [-0.1, -0.05) is 53.5 Å². The predicted molar refractivity (Wildman–Crippen MR) is 162 cm³/mol. The summed E-state index contributed by atoms with van der Waals surface area (Å²) in [5, 5.41) is 19.7. The monoisotopic (exact) mass is 587 g/mol. The van der Waals surface area contributed by atoms with E-state index in [4.69, 9.17) is 38.1 Å². The molecule has 0 aliphatic rings. The lowest BCUT2D eigenvalue weighted by Crippen LogP contribution is -2.38. The fourth-order valence-corrected chi connectivity index (χ4v) is 5.02. The highest BCUT2D eigenvalue weighted by molar-refractivity contribution is 6.35. The molecule has 41 heavy (non-hydrogen) atoms. The largest absolute Gasteiger partial charge is 0.497 e. The molecule has 7 nitrogen and oxygen atoms in total. The number of halogens is 2. The number of nitrogens with one attached hydrogen (secondary N) is 1. The Bertz CT molecular complexity index is 1770. The molecule has 1 unspecified atom stereocenters. The number of amides is 1. The van der Waals surface area contributed by atoms with E-state index in [1.807, 2.05) is 60.1 Å². The molecule has 0 aliphatic carbocycles. The molecular weight excluding hydrogens is 561 g/mol. The third-order valence-corrected chi connectivity index (χ3v) is 7.59. The molecule has 2 N–H and O–H groups in total. The van der Waals surface area contributed by atoms with Gasteiger partial charge in [-0.15, -0.1) is 0 Å². The number of carboxylic acids is 1. The van der Waals surface area contributed by atoms with Gasteiger partial charge in [-0.2, -0.15) is 5.10 Å². The Balaban J connectivity index is 1.56. The number of carbonyl (C=O) groups excluding carboxylic acids is 1. The average molecular weight is 588 g/mol. The van der Waals surface area contributed by atoms with E-state index in [1.54, 1.807) is 37.4 Å². The minimum Gasteiger partial charge on any atom is -0.497 e. The number of aliphatic carboxylic acids is 1. The van der Waals surface area contributed by atoms with Crippen molar-refractivity contribution < 1.29 is 19.4 Å². The fourth-order valence-electron chi connectivity index (χ4n) is 4.64. The molecule has 4 aromatic carbocycles. The molecule has 0 aliphatic heterocycles. The van der Waals surface area contributed by atoms with Gasteiger partial charge in [0.25, 0.3) is 5.91 Å². The molecule has 9 heteroatoms. The third kappa shape index (κ3) is 5.92. The zero-order valence-electron chi connectivity index (χ0n) is 22.6. The van der Waals surface area contributed by atoms with Crippen LogP contribution in [0, 0.1) is 0 Å². The molecule has 1 amide bonds. The maximum Gasteiger partial charge on any atom is 0.325 e. The Kier molecular flexibility index (Phi) is 8.01. The lowest BCUT2D eigenvalue weighted by Gasteiger charge is -2.17. The standard InChI is InChI=1S/C32H27Cl2N3O4/c1-18(32(39)40)35-31(38)21-6-4-20(5-7-21)19(2)37-30(17-29(36-37)27-16-25(33)11-13-28(27)34)24-9-8-23-15-26(41-3)12-10-22(23)14-24/h4-19H,1-3H3,(H,35,38)(H,39,40)/t18-,19?/m0/s1. The third-order valence-electron chi connectivity index (χ3n) is 7.02. The second-order valence-corrected chi connectivity index (χ2v) is 10.6. The van der Waals surface area contributed by atoms with Crippen molar-refractivity contribution in [2.75, 3.05) is 7.11 Å². The van der Waals surface area contributed by atoms with Gasteiger partial charge in [0.2, 0.25) is 0 Å². The Morgan fingerprint density at radius 1 is 0.902 bits per heavy atom. The van der Waals surface area contributed by atoms with Gasteiger partial charge >= 0.3 is 5.97 Å². The van der Waals surface area contributed by atoms with E-state index in [-0.39, 0.29) is 6.04 Å². The van der Waals surface area contributed by atoms with Crippen LogP contribution in [0.5, 0.6) is 5.75 Å². The lowest BCUT2D eigenvalue weighted by molar-refractivity contribution is -0.138. The molecule has 0 saturated carbocycles. The Morgan fingerprint density at radius 2 is 1.61 bits per heavy atom. The molecule has 2 atom stereocenters. The molecule has 5 rings (SSSR count). The zero-order valence-corrected chi connectivity index (χ0v) is 24.1. The highest BCUT2D eigenvalue weighted by atomic mass is 35.5. The van der Waals surface area contributed by atoms with E-state index in [1.165, 1.54) is 6.92 Å². The summed E-state index contributed by atoms with van der Waals surface area (Å²) in [6.07, 6.45) is 0. The first-order valence-electron chi connectivity index (χ1n) is 12.9. The second-order valence-electron chi connectivity index (χ2n) is 9.74. The van der Waals surface area contributed by atoms with Gasteiger partial charge < -0.3 is 15.2 Å². The topological polar surface area (TPSA) is 93.5 Å².